The van der Waals surface area contributed by atoms with Gasteiger partial charge in [-0.05, 0) is 54.5 Å². The molecule has 2 N–H and O–H groups in total. The van der Waals surface area contributed by atoms with Gasteiger partial charge in [0.2, 0.25) is 5.91 Å². The lowest BCUT2D eigenvalue weighted by Gasteiger charge is -2.34. The maximum absolute atomic E-state index is 13.6. The van der Waals surface area contributed by atoms with Gasteiger partial charge < -0.3 is 10.4 Å². The first-order chi connectivity index (χ1) is 13.5. The Kier molecular flexibility index (Phi) is 7.73. The number of hydrogen-bond donors (Lipinski definition) is 2. The Labute approximate surface area is 165 Å². The zero-order valence-electron chi connectivity index (χ0n) is 16.7. The molecular weight excluding hydrogens is 357 g/mol. The van der Waals surface area contributed by atoms with E-state index in [0.717, 1.165) is 24.8 Å². The summed E-state index contributed by atoms with van der Waals surface area (Å²) < 4.78 is 13.6. The van der Waals surface area contributed by atoms with Gasteiger partial charge in [0.25, 0.3) is 0 Å². The van der Waals surface area contributed by atoms with E-state index in [0.29, 0.717) is 11.1 Å². The van der Waals surface area contributed by atoms with E-state index >= 15 is 0 Å². The minimum Gasteiger partial charge on any atom is -0.478 e. The number of carboxylic acid groups (broad SMARTS) is 1. The molecule has 0 aliphatic heterocycles. The van der Waals surface area contributed by atoms with Crippen molar-refractivity contribution in [3.05, 3.63) is 70.5 Å². The molecule has 0 radical (unpaired) electrons. The van der Waals surface area contributed by atoms with Crippen LogP contribution in [0.2, 0.25) is 0 Å². The number of hydrogen-bond acceptors (Lipinski definition) is 2. The smallest absolute Gasteiger partial charge is 0.336 e. The quantitative estimate of drug-likeness (QED) is 0.730. The topological polar surface area (TPSA) is 66.4 Å². The van der Waals surface area contributed by atoms with Crippen molar-refractivity contribution in [2.45, 2.75) is 52.5 Å². The molecule has 1 aliphatic rings. The van der Waals surface area contributed by atoms with Crippen LogP contribution in [-0.4, -0.2) is 17.0 Å². The summed E-state index contributed by atoms with van der Waals surface area (Å²) in [6.07, 6.45) is 3.08. The van der Waals surface area contributed by atoms with Gasteiger partial charge in [-0.15, -0.1) is 0 Å². The number of rotatable bonds is 6. The molecule has 1 saturated carbocycles. The van der Waals surface area contributed by atoms with E-state index < -0.39 is 5.97 Å². The molecule has 1 atom stereocenters. The zero-order valence-corrected chi connectivity index (χ0v) is 16.7. The fourth-order valence-corrected chi connectivity index (χ4v) is 3.53. The van der Waals surface area contributed by atoms with Crippen LogP contribution in [0.1, 0.15) is 66.2 Å². The highest BCUT2D eigenvalue weighted by Gasteiger charge is 2.30. The van der Waals surface area contributed by atoms with Gasteiger partial charge in [-0.1, -0.05) is 50.6 Å². The van der Waals surface area contributed by atoms with Crippen LogP contribution in [-0.2, 0) is 11.2 Å². The number of carbonyl (C=O) groups is 2. The molecule has 0 unspecified atom stereocenters. The fraction of sp³-hybridized carbons (Fsp3) is 0.391. The lowest BCUT2D eigenvalue weighted by Crippen LogP contribution is -2.37. The minimum atomic E-state index is -1.04. The van der Waals surface area contributed by atoms with Crippen LogP contribution >= 0.6 is 0 Å². The highest BCUT2D eigenvalue weighted by molar-refractivity contribution is 5.93. The van der Waals surface area contributed by atoms with E-state index in [-0.39, 0.29) is 35.7 Å². The van der Waals surface area contributed by atoms with Gasteiger partial charge in [0.05, 0.1) is 18.0 Å². The molecule has 150 valence electrons. The monoisotopic (exact) mass is 385 g/mol. The number of amides is 1. The molecule has 0 bridgehead atoms. The first kappa shape index (κ1) is 21.6. The molecule has 0 saturated heterocycles. The van der Waals surface area contributed by atoms with Crippen LogP contribution in [0, 0.1) is 18.7 Å². The fourth-order valence-electron chi connectivity index (χ4n) is 3.53. The van der Waals surface area contributed by atoms with Crippen molar-refractivity contribution < 1.29 is 19.1 Å². The van der Waals surface area contributed by atoms with Crippen molar-refractivity contribution in [3.63, 3.8) is 0 Å². The third kappa shape index (κ3) is 5.18. The van der Waals surface area contributed by atoms with Gasteiger partial charge in [0.1, 0.15) is 5.82 Å². The predicted molar refractivity (Wildman–Crippen MR) is 108 cm³/mol. The van der Waals surface area contributed by atoms with Gasteiger partial charge in [0.15, 0.2) is 0 Å². The number of aryl methyl sites for hydroxylation is 1. The lowest BCUT2D eigenvalue weighted by atomic mass is 9.77. The van der Waals surface area contributed by atoms with Crippen molar-refractivity contribution in [1.29, 1.82) is 0 Å². The van der Waals surface area contributed by atoms with Crippen LogP contribution in [0.5, 0.6) is 0 Å². The first-order valence-corrected chi connectivity index (χ1v) is 9.82. The number of benzene rings is 2. The molecule has 0 aromatic heterocycles. The van der Waals surface area contributed by atoms with Crippen molar-refractivity contribution in [3.8, 4) is 0 Å². The van der Waals surface area contributed by atoms with Crippen LogP contribution < -0.4 is 5.32 Å². The summed E-state index contributed by atoms with van der Waals surface area (Å²) in [5, 5.41) is 12.4. The largest absolute Gasteiger partial charge is 0.478 e. The van der Waals surface area contributed by atoms with Gasteiger partial charge in [-0.2, -0.15) is 0 Å². The molecule has 3 rings (SSSR count). The third-order valence-corrected chi connectivity index (χ3v) is 5.07. The SMILES string of the molecule is CC.Cc1cccc(CC(=O)N[C@H](c2cccc(F)c2)C2CCC2)c1C(=O)O. The Hall–Kier alpha value is -2.69. The number of halogens is 1. The average molecular weight is 385 g/mol. The maximum atomic E-state index is 13.6. The number of aromatic carboxylic acids is 1. The summed E-state index contributed by atoms with van der Waals surface area (Å²) in [5.41, 5.74) is 2.05. The number of carbonyl (C=O) groups excluding carboxylic acids is 1. The Bertz CT molecular complexity index is 830. The number of nitrogens with one attached hydrogen (secondary N) is 1. The van der Waals surface area contributed by atoms with Gasteiger partial charge in [-0.25, -0.2) is 9.18 Å². The molecule has 1 amide bonds. The van der Waals surface area contributed by atoms with Crippen LogP contribution in [0.4, 0.5) is 4.39 Å². The second-order valence-electron chi connectivity index (χ2n) is 6.88. The number of carboxylic acids is 1. The molecule has 1 fully saturated rings. The molecule has 4 nitrogen and oxygen atoms in total. The Morgan fingerprint density at radius 3 is 2.43 bits per heavy atom. The summed E-state index contributed by atoms with van der Waals surface area (Å²) in [6.45, 7) is 5.72. The van der Waals surface area contributed by atoms with E-state index in [1.54, 1.807) is 31.2 Å². The van der Waals surface area contributed by atoms with Crippen molar-refractivity contribution in [2.75, 3.05) is 0 Å². The highest BCUT2D eigenvalue weighted by Crippen LogP contribution is 2.38. The molecule has 28 heavy (non-hydrogen) atoms. The molecular formula is C23H28FNO3. The van der Waals surface area contributed by atoms with Gasteiger partial charge in [-0.3, -0.25) is 4.79 Å². The Morgan fingerprint density at radius 2 is 1.86 bits per heavy atom. The van der Waals surface area contributed by atoms with Crippen molar-refractivity contribution in [2.24, 2.45) is 5.92 Å². The van der Waals surface area contributed by atoms with Crippen molar-refractivity contribution in [1.82, 2.24) is 5.32 Å². The van der Waals surface area contributed by atoms with Crippen LogP contribution in [0.25, 0.3) is 0 Å². The lowest BCUT2D eigenvalue weighted by molar-refractivity contribution is -0.121. The molecule has 0 heterocycles. The molecule has 5 heteroatoms. The summed E-state index contributed by atoms with van der Waals surface area (Å²) in [6, 6.07) is 11.2. The van der Waals surface area contributed by atoms with E-state index in [4.69, 9.17) is 0 Å². The zero-order chi connectivity index (χ0) is 20.7. The summed E-state index contributed by atoms with van der Waals surface area (Å²) in [4.78, 5) is 24.1. The van der Waals surface area contributed by atoms with E-state index in [1.165, 1.54) is 12.1 Å². The van der Waals surface area contributed by atoms with E-state index in [9.17, 15) is 19.1 Å². The second-order valence-corrected chi connectivity index (χ2v) is 6.88. The third-order valence-electron chi connectivity index (χ3n) is 5.07. The maximum Gasteiger partial charge on any atom is 0.336 e. The minimum absolute atomic E-state index is 0.0121. The average Bonchev–Trinajstić information content (AvgIpc) is 2.61. The predicted octanol–water partition coefficient (Wildman–Crippen LogP) is 5.06. The summed E-state index contributed by atoms with van der Waals surface area (Å²) >= 11 is 0. The van der Waals surface area contributed by atoms with Crippen molar-refractivity contribution >= 4 is 11.9 Å². The highest BCUT2D eigenvalue weighted by atomic mass is 19.1. The van der Waals surface area contributed by atoms with Gasteiger partial charge in [0, 0.05) is 0 Å². The Morgan fingerprint density at radius 1 is 1.18 bits per heavy atom. The summed E-state index contributed by atoms with van der Waals surface area (Å²) in [7, 11) is 0. The molecule has 0 spiro atoms. The van der Waals surface area contributed by atoms with E-state index in [2.05, 4.69) is 5.32 Å². The Balaban J connectivity index is 0.00000136. The first-order valence-electron chi connectivity index (χ1n) is 9.82. The van der Waals surface area contributed by atoms with Crippen LogP contribution in [0.15, 0.2) is 42.5 Å². The second kappa shape index (κ2) is 10.0. The summed E-state index contributed by atoms with van der Waals surface area (Å²) in [5.74, 6) is -1.32. The van der Waals surface area contributed by atoms with E-state index in [1.807, 2.05) is 19.9 Å². The molecule has 2 aromatic carbocycles. The van der Waals surface area contributed by atoms with Gasteiger partial charge >= 0.3 is 5.97 Å². The molecule has 1 aliphatic carbocycles. The van der Waals surface area contributed by atoms with Crippen LogP contribution in [0.3, 0.4) is 0 Å². The standard InChI is InChI=1S/C21H22FNO3.C2H6/c1-13-5-2-8-15(19(13)21(25)26)12-18(24)23-20(14-6-3-7-14)16-9-4-10-17(22)11-16;1-2/h2,4-5,8-11,14,20H,3,6-7,12H2,1H3,(H,23,24)(H,25,26);1-2H3/t20-;/m0./s1. The molecule has 2 aromatic rings. The normalized spacial score (nSPS) is 14.3.